The molecule has 0 radical (unpaired) electrons. The highest BCUT2D eigenvalue weighted by atomic mass is 16.5. The van der Waals surface area contributed by atoms with Crippen LogP contribution in [0.15, 0.2) is 60.7 Å². The van der Waals surface area contributed by atoms with Crippen LogP contribution in [0.3, 0.4) is 0 Å². The maximum atomic E-state index is 6.03. The van der Waals surface area contributed by atoms with Gasteiger partial charge in [-0.15, -0.1) is 0 Å². The van der Waals surface area contributed by atoms with Crippen molar-refractivity contribution in [3.63, 3.8) is 0 Å². The van der Waals surface area contributed by atoms with Gasteiger partial charge < -0.3 is 10.5 Å². The molecule has 88 valence electrons. The van der Waals surface area contributed by atoms with Gasteiger partial charge in [-0.3, -0.25) is 0 Å². The third-order valence-electron chi connectivity index (χ3n) is 2.64. The Morgan fingerprint density at radius 1 is 0.882 bits per heavy atom. The minimum atomic E-state index is -0.0556. The predicted octanol–water partition coefficient (Wildman–Crippen LogP) is 2.90. The SMILES string of the molecule is N[C@H](COCc1ccccc1)c1ccccc1. The van der Waals surface area contributed by atoms with Gasteiger partial charge in [-0.05, 0) is 11.1 Å². The molecular formula is C15H17NO. The Balaban J connectivity index is 1.79. The quantitative estimate of drug-likeness (QED) is 0.852. The smallest absolute Gasteiger partial charge is 0.0717 e. The Labute approximate surface area is 102 Å². The van der Waals surface area contributed by atoms with Crippen molar-refractivity contribution < 1.29 is 4.74 Å². The van der Waals surface area contributed by atoms with Crippen molar-refractivity contribution in [2.75, 3.05) is 6.61 Å². The molecule has 2 rings (SSSR count). The van der Waals surface area contributed by atoms with E-state index in [9.17, 15) is 0 Å². The lowest BCUT2D eigenvalue weighted by atomic mass is 10.1. The molecule has 2 aromatic carbocycles. The summed E-state index contributed by atoms with van der Waals surface area (Å²) < 4.78 is 5.61. The van der Waals surface area contributed by atoms with Crippen molar-refractivity contribution in [1.82, 2.24) is 0 Å². The Hall–Kier alpha value is -1.64. The number of hydrogen-bond acceptors (Lipinski definition) is 2. The average molecular weight is 227 g/mol. The molecule has 0 amide bonds. The lowest BCUT2D eigenvalue weighted by Gasteiger charge is -2.12. The standard InChI is InChI=1S/C15H17NO/c16-15(14-9-5-2-6-10-14)12-17-11-13-7-3-1-4-8-13/h1-10,15H,11-12,16H2/t15-/m1/s1. The van der Waals surface area contributed by atoms with E-state index in [0.29, 0.717) is 13.2 Å². The first-order valence-corrected chi connectivity index (χ1v) is 5.78. The van der Waals surface area contributed by atoms with Crippen LogP contribution in [0.4, 0.5) is 0 Å². The second kappa shape index (κ2) is 6.18. The maximum absolute atomic E-state index is 6.03. The lowest BCUT2D eigenvalue weighted by Crippen LogP contribution is -2.16. The van der Waals surface area contributed by atoms with Gasteiger partial charge >= 0.3 is 0 Å². The van der Waals surface area contributed by atoms with E-state index in [0.717, 1.165) is 5.56 Å². The molecule has 17 heavy (non-hydrogen) atoms. The van der Waals surface area contributed by atoms with Gasteiger partial charge in [0.05, 0.1) is 19.3 Å². The van der Waals surface area contributed by atoms with E-state index in [1.54, 1.807) is 0 Å². The zero-order valence-corrected chi connectivity index (χ0v) is 9.75. The predicted molar refractivity (Wildman–Crippen MR) is 69.5 cm³/mol. The second-order valence-corrected chi connectivity index (χ2v) is 4.02. The molecule has 0 aliphatic rings. The molecule has 0 aromatic heterocycles. The number of hydrogen-bond donors (Lipinski definition) is 1. The Morgan fingerprint density at radius 3 is 2.12 bits per heavy atom. The summed E-state index contributed by atoms with van der Waals surface area (Å²) >= 11 is 0. The Bertz CT molecular complexity index is 427. The second-order valence-electron chi connectivity index (χ2n) is 4.02. The van der Waals surface area contributed by atoms with E-state index in [1.807, 2.05) is 60.7 Å². The fourth-order valence-corrected chi connectivity index (χ4v) is 1.67. The first-order chi connectivity index (χ1) is 8.36. The number of ether oxygens (including phenoxy) is 1. The summed E-state index contributed by atoms with van der Waals surface area (Å²) in [6, 6.07) is 20.1. The van der Waals surface area contributed by atoms with Crippen LogP contribution in [0.5, 0.6) is 0 Å². The van der Waals surface area contributed by atoms with Crippen LogP contribution in [0.1, 0.15) is 17.2 Å². The molecule has 1 atom stereocenters. The summed E-state index contributed by atoms with van der Waals surface area (Å²) in [7, 11) is 0. The van der Waals surface area contributed by atoms with Crippen LogP contribution < -0.4 is 5.73 Å². The molecule has 0 heterocycles. The molecule has 0 aliphatic carbocycles. The highest BCUT2D eigenvalue weighted by Crippen LogP contribution is 2.10. The molecule has 2 aromatic rings. The zero-order chi connectivity index (χ0) is 11.9. The summed E-state index contributed by atoms with van der Waals surface area (Å²) in [6.45, 7) is 1.15. The van der Waals surface area contributed by atoms with Crippen LogP contribution >= 0.6 is 0 Å². The van der Waals surface area contributed by atoms with Gasteiger partial charge in [-0.1, -0.05) is 60.7 Å². The van der Waals surface area contributed by atoms with Gasteiger partial charge in [0, 0.05) is 0 Å². The van der Waals surface area contributed by atoms with Gasteiger partial charge in [-0.2, -0.15) is 0 Å². The summed E-state index contributed by atoms with van der Waals surface area (Å²) in [5.74, 6) is 0. The van der Waals surface area contributed by atoms with E-state index in [4.69, 9.17) is 10.5 Å². The van der Waals surface area contributed by atoms with Gasteiger partial charge in [0.25, 0.3) is 0 Å². The molecule has 0 aliphatic heterocycles. The highest BCUT2D eigenvalue weighted by Gasteiger charge is 2.04. The monoisotopic (exact) mass is 227 g/mol. The molecule has 2 nitrogen and oxygen atoms in total. The summed E-state index contributed by atoms with van der Waals surface area (Å²) in [4.78, 5) is 0. The number of benzene rings is 2. The van der Waals surface area contributed by atoms with E-state index >= 15 is 0 Å². The minimum absolute atomic E-state index is 0.0556. The molecular weight excluding hydrogens is 210 g/mol. The third kappa shape index (κ3) is 3.70. The molecule has 0 unspecified atom stereocenters. The van der Waals surface area contributed by atoms with Crippen molar-refractivity contribution >= 4 is 0 Å². The fraction of sp³-hybridized carbons (Fsp3) is 0.200. The molecule has 0 saturated heterocycles. The zero-order valence-electron chi connectivity index (χ0n) is 9.75. The maximum Gasteiger partial charge on any atom is 0.0717 e. The van der Waals surface area contributed by atoms with E-state index in [1.165, 1.54) is 5.56 Å². The van der Waals surface area contributed by atoms with E-state index < -0.39 is 0 Å². The first kappa shape index (κ1) is 11.8. The van der Waals surface area contributed by atoms with Crippen LogP contribution in [-0.4, -0.2) is 6.61 Å². The van der Waals surface area contributed by atoms with Crippen LogP contribution in [0, 0.1) is 0 Å². The summed E-state index contributed by atoms with van der Waals surface area (Å²) in [6.07, 6.45) is 0. The molecule has 0 spiro atoms. The molecule has 2 N–H and O–H groups in total. The summed E-state index contributed by atoms with van der Waals surface area (Å²) in [5.41, 5.74) is 8.32. The van der Waals surface area contributed by atoms with Gasteiger partial charge in [0.1, 0.15) is 0 Å². The third-order valence-corrected chi connectivity index (χ3v) is 2.64. The number of nitrogens with two attached hydrogens (primary N) is 1. The average Bonchev–Trinajstić information content (AvgIpc) is 2.41. The lowest BCUT2D eigenvalue weighted by molar-refractivity contribution is 0.108. The topological polar surface area (TPSA) is 35.2 Å². The minimum Gasteiger partial charge on any atom is -0.375 e. The van der Waals surface area contributed by atoms with Crippen LogP contribution in [-0.2, 0) is 11.3 Å². The van der Waals surface area contributed by atoms with E-state index in [2.05, 4.69) is 0 Å². The molecule has 0 bridgehead atoms. The van der Waals surface area contributed by atoms with E-state index in [-0.39, 0.29) is 6.04 Å². The molecule has 0 fully saturated rings. The summed E-state index contributed by atoms with van der Waals surface area (Å²) in [5, 5.41) is 0. The van der Waals surface area contributed by atoms with Crippen LogP contribution in [0.25, 0.3) is 0 Å². The molecule has 2 heteroatoms. The van der Waals surface area contributed by atoms with Crippen molar-refractivity contribution in [2.24, 2.45) is 5.73 Å². The van der Waals surface area contributed by atoms with Crippen LogP contribution in [0.2, 0.25) is 0 Å². The molecule has 0 saturated carbocycles. The normalized spacial score (nSPS) is 12.3. The fourth-order valence-electron chi connectivity index (χ4n) is 1.67. The van der Waals surface area contributed by atoms with Crippen molar-refractivity contribution in [3.05, 3.63) is 71.8 Å². The largest absolute Gasteiger partial charge is 0.375 e. The Kier molecular flexibility index (Phi) is 4.30. The van der Waals surface area contributed by atoms with Crippen molar-refractivity contribution in [2.45, 2.75) is 12.6 Å². The van der Waals surface area contributed by atoms with Gasteiger partial charge in [-0.25, -0.2) is 0 Å². The highest BCUT2D eigenvalue weighted by molar-refractivity contribution is 5.18. The number of rotatable bonds is 5. The van der Waals surface area contributed by atoms with Gasteiger partial charge in [0.2, 0.25) is 0 Å². The van der Waals surface area contributed by atoms with Gasteiger partial charge in [0.15, 0.2) is 0 Å². The van der Waals surface area contributed by atoms with Crippen molar-refractivity contribution in [1.29, 1.82) is 0 Å². The Morgan fingerprint density at radius 2 is 1.47 bits per heavy atom. The first-order valence-electron chi connectivity index (χ1n) is 5.78. The van der Waals surface area contributed by atoms with Crippen molar-refractivity contribution in [3.8, 4) is 0 Å².